The van der Waals surface area contributed by atoms with Crippen molar-refractivity contribution >= 4 is 16.9 Å². The van der Waals surface area contributed by atoms with Crippen molar-refractivity contribution < 1.29 is 38.7 Å². The van der Waals surface area contributed by atoms with E-state index in [4.69, 9.17) is 18.6 Å². The van der Waals surface area contributed by atoms with E-state index in [0.29, 0.717) is 34.8 Å². The number of benzene rings is 3. The van der Waals surface area contributed by atoms with Gasteiger partial charge in [-0.2, -0.15) is 0 Å². The van der Waals surface area contributed by atoms with Crippen LogP contribution < -0.4 is 19.6 Å². The molecule has 9 heteroatoms. The summed E-state index contributed by atoms with van der Waals surface area (Å²) in [5.74, 6) is -0.728. The van der Waals surface area contributed by atoms with E-state index in [1.165, 1.54) is 37.4 Å². The Morgan fingerprint density at radius 1 is 0.947 bits per heavy atom. The van der Waals surface area contributed by atoms with Crippen LogP contribution in [0.3, 0.4) is 0 Å². The maximum Gasteiger partial charge on any atom is 0.312 e. The minimum absolute atomic E-state index is 0.0449. The van der Waals surface area contributed by atoms with Crippen LogP contribution in [0, 0.1) is 5.92 Å². The Bertz CT molecular complexity index is 1620. The molecule has 0 fully saturated rings. The molecule has 0 amide bonds. The number of carbonyl (C=O) groups excluding carboxylic acids is 1. The summed E-state index contributed by atoms with van der Waals surface area (Å²) in [5, 5.41) is 30.2. The van der Waals surface area contributed by atoms with Crippen molar-refractivity contribution in [3.8, 4) is 45.8 Å². The number of hydrogen-bond acceptors (Lipinski definition) is 9. The zero-order valence-electron chi connectivity index (χ0n) is 21.0. The monoisotopic (exact) mass is 518 g/mol. The lowest BCUT2D eigenvalue weighted by molar-refractivity contribution is -0.135. The third-order valence-electron chi connectivity index (χ3n) is 6.35. The number of phenolic OH excluding ortho intramolecular Hbond substituents is 3. The molecule has 1 unspecified atom stereocenters. The van der Waals surface area contributed by atoms with Gasteiger partial charge in [0.25, 0.3) is 0 Å². The molecule has 38 heavy (non-hydrogen) atoms. The van der Waals surface area contributed by atoms with E-state index < -0.39 is 23.1 Å². The highest BCUT2D eigenvalue weighted by Crippen LogP contribution is 2.47. The van der Waals surface area contributed by atoms with Gasteiger partial charge in [0, 0.05) is 29.2 Å². The average Bonchev–Trinajstić information content (AvgIpc) is 2.87. The summed E-state index contributed by atoms with van der Waals surface area (Å²) in [5.41, 5.74) is 0.965. The number of phenols is 3. The van der Waals surface area contributed by atoms with Gasteiger partial charge in [-0.25, -0.2) is 0 Å². The highest BCUT2D eigenvalue weighted by atomic mass is 16.5. The predicted octanol–water partition coefficient (Wildman–Crippen LogP) is 5.06. The van der Waals surface area contributed by atoms with E-state index in [1.807, 2.05) is 13.8 Å². The molecule has 1 atom stereocenters. The first-order valence-electron chi connectivity index (χ1n) is 12.0. The fraction of sp³-hybridized carbons (Fsp3) is 0.241. The second-order valence-electron chi connectivity index (χ2n) is 9.54. The summed E-state index contributed by atoms with van der Waals surface area (Å²) < 4.78 is 23.0. The smallest absolute Gasteiger partial charge is 0.312 e. The lowest BCUT2D eigenvalue weighted by Crippen LogP contribution is -2.22. The quantitative estimate of drug-likeness (QED) is 0.182. The minimum Gasteiger partial charge on any atom is -0.507 e. The molecule has 4 aromatic rings. The Balaban J connectivity index is 1.73. The van der Waals surface area contributed by atoms with Gasteiger partial charge < -0.3 is 33.9 Å². The first-order chi connectivity index (χ1) is 18.2. The number of aromatic hydroxyl groups is 3. The lowest BCUT2D eigenvalue weighted by Gasteiger charge is -2.26. The van der Waals surface area contributed by atoms with Gasteiger partial charge >= 0.3 is 5.97 Å². The predicted molar refractivity (Wildman–Crippen MR) is 138 cm³/mol. The maximum atomic E-state index is 13.1. The number of methoxy groups -OCH3 is 1. The maximum absolute atomic E-state index is 13.1. The Hall–Kier alpha value is -4.66. The van der Waals surface area contributed by atoms with Crippen LogP contribution in [-0.4, -0.2) is 35.0 Å². The van der Waals surface area contributed by atoms with Gasteiger partial charge in [0.1, 0.15) is 28.2 Å². The van der Waals surface area contributed by atoms with Crippen LogP contribution in [-0.2, 0) is 4.79 Å². The average molecular weight is 519 g/mol. The number of hydrogen-bond donors (Lipinski definition) is 3. The molecule has 1 aliphatic heterocycles. The summed E-state index contributed by atoms with van der Waals surface area (Å²) in [6.45, 7) is 4.50. The number of ether oxygens (including phenoxy) is 3. The molecule has 0 saturated carbocycles. The highest BCUT2D eigenvalue weighted by molar-refractivity contribution is 5.93. The van der Waals surface area contributed by atoms with E-state index in [2.05, 4.69) is 0 Å². The third-order valence-corrected chi connectivity index (χ3v) is 6.35. The van der Waals surface area contributed by atoms with Crippen LogP contribution in [0.15, 0.2) is 57.7 Å². The molecule has 2 heterocycles. The first kappa shape index (κ1) is 25.0. The molecule has 3 N–H and O–H groups in total. The molecule has 5 rings (SSSR count). The lowest BCUT2D eigenvalue weighted by atomic mass is 9.85. The van der Waals surface area contributed by atoms with Crippen LogP contribution >= 0.6 is 0 Å². The van der Waals surface area contributed by atoms with Crippen LogP contribution in [0.1, 0.15) is 37.3 Å². The second kappa shape index (κ2) is 9.66. The first-order valence-corrected chi connectivity index (χ1v) is 12.0. The van der Waals surface area contributed by atoms with Crippen molar-refractivity contribution in [3.63, 3.8) is 0 Å². The SMILES string of the molecule is COc1ccc(C2CC(=O)Oc3cc(O)c4c(=O)cc(-c5ccc(O)c(O)c5)oc4c32)cc1OCC(C)C. The molecular formula is C29H26O9. The molecule has 1 aromatic heterocycles. The fourth-order valence-corrected chi connectivity index (χ4v) is 4.54. The van der Waals surface area contributed by atoms with Crippen molar-refractivity contribution in [2.45, 2.75) is 26.2 Å². The number of rotatable bonds is 6. The standard InChI is InChI=1S/C29H26O9/c1-14(2)13-36-24-9-15(5-7-22(24)35-3)17-10-26(34)37-25-12-21(33)28-20(32)11-23(38-29(28)27(17)25)16-4-6-18(30)19(31)8-16/h4-9,11-12,14,17,30-31,33H,10,13H2,1-3H3. The molecule has 9 nitrogen and oxygen atoms in total. The normalized spacial score (nSPS) is 14.8. The summed E-state index contributed by atoms with van der Waals surface area (Å²) in [6, 6.07) is 11.8. The van der Waals surface area contributed by atoms with Gasteiger partial charge in [0.2, 0.25) is 0 Å². The van der Waals surface area contributed by atoms with Crippen LogP contribution in [0.25, 0.3) is 22.3 Å². The molecule has 0 spiro atoms. The van der Waals surface area contributed by atoms with Gasteiger partial charge in [-0.15, -0.1) is 0 Å². The molecule has 1 aliphatic rings. The topological polar surface area (TPSA) is 136 Å². The van der Waals surface area contributed by atoms with Crippen molar-refractivity contribution in [1.29, 1.82) is 0 Å². The van der Waals surface area contributed by atoms with Crippen LogP contribution in [0.5, 0.6) is 34.5 Å². The zero-order chi connectivity index (χ0) is 27.1. The Kier molecular flexibility index (Phi) is 6.36. The summed E-state index contributed by atoms with van der Waals surface area (Å²) in [6.07, 6.45) is -0.0449. The summed E-state index contributed by atoms with van der Waals surface area (Å²) in [4.78, 5) is 25.8. The van der Waals surface area contributed by atoms with Crippen molar-refractivity contribution in [3.05, 3.63) is 69.9 Å². The van der Waals surface area contributed by atoms with Crippen molar-refractivity contribution in [2.75, 3.05) is 13.7 Å². The second-order valence-corrected chi connectivity index (χ2v) is 9.54. The number of esters is 1. The Morgan fingerprint density at radius 2 is 1.74 bits per heavy atom. The van der Waals surface area contributed by atoms with E-state index in [9.17, 15) is 24.9 Å². The number of fused-ring (bicyclic) bond motifs is 3. The molecule has 0 radical (unpaired) electrons. The number of carbonyl (C=O) groups is 1. The highest BCUT2D eigenvalue weighted by Gasteiger charge is 2.34. The van der Waals surface area contributed by atoms with E-state index in [0.717, 1.165) is 0 Å². The van der Waals surface area contributed by atoms with Crippen molar-refractivity contribution in [1.82, 2.24) is 0 Å². The van der Waals surface area contributed by atoms with Gasteiger partial charge in [0.05, 0.1) is 20.1 Å². The fourth-order valence-electron chi connectivity index (χ4n) is 4.54. The molecular weight excluding hydrogens is 492 g/mol. The molecule has 0 saturated heterocycles. The summed E-state index contributed by atoms with van der Waals surface area (Å²) in [7, 11) is 1.54. The van der Waals surface area contributed by atoms with E-state index in [1.54, 1.807) is 18.2 Å². The van der Waals surface area contributed by atoms with Crippen LogP contribution in [0.2, 0.25) is 0 Å². The van der Waals surface area contributed by atoms with Gasteiger partial charge in [-0.1, -0.05) is 19.9 Å². The summed E-state index contributed by atoms with van der Waals surface area (Å²) >= 11 is 0. The Morgan fingerprint density at radius 3 is 2.45 bits per heavy atom. The zero-order valence-corrected chi connectivity index (χ0v) is 21.0. The minimum atomic E-state index is -0.590. The van der Waals surface area contributed by atoms with Gasteiger partial charge in [-0.05, 0) is 41.8 Å². The van der Waals surface area contributed by atoms with Crippen molar-refractivity contribution in [2.24, 2.45) is 5.92 Å². The molecule has 3 aromatic carbocycles. The molecule has 196 valence electrons. The Labute approximate surface area is 217 Å². The largest absolute Gasteiger partial charge is 0.507 e. The third kappa shape index (κ3) is 4.47. The van der Waals surface area contributed by atoms with Gasteiger partial charge in [0.15, 0.2) is 28.4 Å². The molecule has 0 bridgehead atoms. The van der Waals surface area contributed by atoms with E-state index in [-0.39, 0.29) is 46.3 Å². The van der Waals surface area contributed by atoms with Crippen LogP contribution in [0.4, 0.5) is 0 Å². The molecule has 0 aliphatic carbocycles. The van der Waals surface area contributed by atoms with Gasteiger partial charge in [-0.3, -0.25) is 9.59 Å². The van der Waals surface area contributed by atoms with E-state index >= 15 is 0 Å².